The number of ether oxygens (including phenoxy) is 1. The van der Waals surface area contributed by atoms with Crippen LogP contribution in [0.4, 0.5) is 0 Å². The van der Waals surface area contributed by atoms with Gasteiger partial charge in [0.05, 0.1) is 0 Å². The zero-order valence-corrected chi connectivity index (χ0v) is 10.8. The summed E-state index contributed by atoms with van der Waals surface area (Å²) in [7, 11) is 0. The lowest BCUT2D eigenvalue weighted by Crippen LogP contribution is -2.51. The molecule has 1 atom stereocenters. The van der Waals surface area contributed by atoms with Crippen molar-refractivity contribution in [3.05, 3.63) is 29.8 Å². The number of nitrogens with zero attached hydrogens (tertiary/aromatic N) is 1. The van der Waals surface area contributed by atoms with Crippen LogP contribution in [0, 0.1) is 0 Å². The first-order chi connectivity index (χ1) is 8.19. The van der Waals surface area contributed by atoms with E-state index >= 15 is 0 Å². The standard InChI is InChI=1S/C14H22N2O/c1-3-14(2,11-15)16-8-9-17-13-7-5-4-6-12(13)10-16/h4-7H,3,8-11,15H2,1-2H3. The third-order valence-electron chi connectivity index (χ3n) is 3.92. The molecule has 0 saturated carbocycles. The molecule has 0 radical (unpaired) electrons. The fraction of sp³-hybridized carbons (Fsp3) is 0.571. The molecule has 94 valence electrons. The summed E-state index contributed by atoms with van der Waals surface area (Å²) in [5.74, 6) is 1.02. The van der Waals surface area contributed by atoms with Crippen LogP contribution in [0.3, 0.4) is 0 Å². The van der Waals surface area contributed by atoms with Gasteiger partial charge in [0.1, 0.15) is 12.4 Å². The highest BCUT2D eigenvalue weighted by Crippen LogP contribution is 2.27. The highest BCUT2D eigenvalue weighted by molar-refractivity contribution is 5.34. The molecule has 2 N–H and O–H groups in total. The quantitative estimate of drug-likeness (QED) is 0.869. The van der Waals surface area contributed by atoms with Crippen molar-refractivity contribution in [2.24, 2.45) is 5.73 Å². The highest BCUT2D eigenvalue weighted by atomic mass is 16.5. The summed E-state index contributed by atoms with van der Waals surface area (Å²) < 4.78 is 5.78. The molecule has 0 saturated heterocycles. The molecule has 1 heterocycles. The summed E-state index contributed by atoms with van der Waals surface area (Å²) in [5, 5.41) is 0. The molecule has 1 aromatic rings. The molecule has 3 heteroatoms. The smallest absolute Gasteiger partial charge is 0.123 e. The van der Waals surface area contributed by atoms with Gasteiger partial charge < -0.3 is 10.5 Å². The topological polar surface area (TPSA) is 38.5 Å². The van der Waals surface area contributed by atoms with Crippen LogP contribution in [0.5, 0.6) is 5.75 Å². The van der Waals surface area contributed by atoms with Crippen molar-refractivity contribution in [1.29, 1.82) is 0 Å². The Morgan fingerprint density at radius 2 is 2.18 bits per heavy atom. The maximum absolute atomic E-state index is 5.94. The number of para-hydroxylation sites is 1. The van der Waals surface area contributed by atoms with Gasteiger partial charge in [-0.1, -0.05) is 25.1 Å². The largest absolute Gasteiger partial charge is 0.492 e. The van der Waals surface area contributed by atoms with Crippen molar-refractivity contribution >= 4 is 0 Å². The van der Waals surface area contributed by atoms with Gasteiger partial charge >= 0.3 is 0 Å². The average molecular weight is 234 g/mol. The number of benzene rings is 1. The third kappa shape index (κ3) is 2.45. The van der Waals surface area contributed by atoms with Gasteiger partial charge in [-0.25, -0.2) is 0 Å². The van der Waals surface area contributed by atoms with Gasteiger partial charge in [0.2, 0.25) is 0 Å². The summed E-state index contributed by atoms with van der Waals surface area (Å²) in [4.78, 5) is 2.44. The molecule has 1 aliphatic rings. The van der Waals surface area contributed by atoms with E-state index in [0.717, 1.165) is 31.9 Å². The second-order valence-corrected chi connectivity index (χ2v) is 4.93. The van der Waals surface area contributed by atoms with Crippen LogP contribution in [0.15, 0.2) is 24.3 Å². The number of fused-ring (bicyclic) bond motifs is 1. The third-order valence-corrected chi connectivity index (χ3v) is 3.92. The van der Waals surface area contributed by atoms with Gasteiger partial charge in [-0.05, 0) is 19.4 Å². The molecule has 1 aliphatic heterocycles. The normalized spacial score (nSPS) is 19.9. The molecule has 0 bridgehead atoms. The summed E-state index contributed by atoms with van der Waals surface area (Å²) in [5.41, 5.74) is 7.27. The fourth-order valence-corrected chi connectivity index (χ4v) is 2.28. The molecule has 0 fully saturated rings. The van der Waals surface area contributed by atoms with Crippen molar-refractivity contribution < 1.29 is 4.74 Å². The maximum atomic E-state index is 5.94. The molecule has 0 amide bonds. The number of hydrogen-bond donors (Lipinski definition) is 1. The molecule has 2 rings (SSSR count). The first-order valence-electron chi connectivity index (χ1n) is 6.35. The van der Waals surface area contributed by atoms with E-state index in [0.29, 0.717) is 6.54 Å². The Labute approximate surface area is 104 Å². The lowest BCUT2D eigenvalue weighted by atomic mass is 9.95. The van der Waals surface area contributed by atoms with Crippen LogP contribution < -0.4 is 10.5 Å². The Hall–Kier alpha value is -1.06. The van der Waals surface area contributed by atoms with Crippen LogP contribution in [0.2, 0.25) is 0 Å². The summed E-state index contributed by atoms with van der Waals surface area (Å²) in [6, 6.07) is 8.28. The van der Waals surface area contributed by atoms with Gasteiger partial charge in [0, 0.05) is 30.7 Å². The molecule has 0 spiro atoms. The number of hydrogen-bond acceptors (Lipinski definition) is 3. The molecule has 1 aromatic carbocycles. The van der Waals surface area contributed by atoms with Gasteiger partial charge in [0.15, 0.2) is 0 Å². The molecular weight excluding hydrogens is 212 g/mol. The van der Waals surface area contributed by atoms with Crippen LogP contribution in [-0.4, -0.2) is 30.1 Å². The SMILES string of the molecule is CCC(C)(CN)N1CCOc2ccccc2C1. The summed E-state index contributed by atoms with van der Waals surface area (Å²) >= 11 is 0. The Kier molecular flexibility index (Phi) is 3.69. The fourth-order valence-electron chi connectivity index (χ4n) is 2.28. The van der Waals surface area contributed by atoms with Crippen molar-refractivity contribution in [1.82, 2.24) is 4.90 Å². The minimum atomic E-state index is 0.0702. The second-order valence-electron chi connectivity index (χ2n) is 4.93. The maximum Gasteiger partial charge on any atom is 0.123 e. The van der Waals surface area contributed by atoms with Crippen molar-refractivity contribution in [3.63, 3.8) is 0 Å². The van der Waals surface area contributed by atoms with Crippen LogP contribution in [0.25, 0.3) is 0 Å². The van der Waals surface area contributed by atoms with Crippen LogP contribution in [0.1, 0.15) is 25.8 Å². The predicted molar refractivity (Wildman–Crippen MR) is 70.1 cm³/mol. The summed E-state index contributed by atoms with van der Waals surface area (Å²) in [6.45, 7) is 7.73. The van der Waals surface area contributed by atoms with E-state index in [1.165, 1.54) is 5.56 Å². The zero-order chi connectivity index (χ0) is 12.3. The Morgan fingerprint density at radius 3 is 2.88 bits per heavy atom. The van der Waals surface area contributed by atoms with E-state index < -0.39 is 0 Å². The van der Waals surface area contributed by atoms with Gasteiger partial charge in [0.25, 0.3) is 0 Å². The van der Waals surface area contributed by atoms with Crippen molar-refractivity contribution in [2.45, 2.75) is 32.4 Å². The molecule has 0 aliphatic carbocycles. The minimum absolute atomic E-state index is 0.0702. The van der Waals surface area contributed by atoms with E-state index in [2.05, 4.69) is 30.9 Å². The minimum Gasteiger partial charge on any atom is -0.492 e. The van der Waals surface area contributed by atoms with E-state index in [9.17, 15) is 0 Å². The van der Waals surface area contributed by atoms with Crippen LogP contribution in [-0.2, 0) is 6.54 Å². The Bertz CT molecular complexity index is 374. The van der Waals surface area contributed by atoms with E-state index in [1.54, 1.807) is 0 Å². The van der Waals surface area contributed by atoms with Gasteiger partial charge in [-0.15, -0.1) is 0 Å². The predicted octanol–water partition coefficient (Wildman–Crippen LogP) is 2.01. The Morgan fingerprint density at radius 1 is 1.41 bits per heavy atom. The first-order valence-corrected chi connectivity index (χ1v) is 6.35. The zero-order valence-electron chi connectivity index (χ0n) is 10.8. The molecule has 3 nitrogen and oxygen atoms in total. The average Bonchev–Trinajstić information content (AvgIpc) is 2.60. The van der Waals surface area contributed by atoms with Crippen LogP contribution >= 0.6 is 0 Å². The molecule has 17 heavy (non-hydrogen) atoms. The molecular formula is C14H22N2O. The summed E-state index contributed by atoms with van der Waals surface area (Å²) in [6.07, 6.45) is 1.06. The lowest BCUT2D eigenvalue weighted by Gasteiger charge is -2.39. The first kappa shape index (κ1) is 12.4. The van der Waals surface area contributed by atoms with Gasteiger partial charge in [-0.2, -0.15) is 0 Å². The van der Waals surface area contributed by atoms with E-state index in [1.807, 2.05) is 12.1 Å². The van der Waals surface area contributed by atoms with E-state index in [4.69, 9.17) is 10.5 Å². The monoisotopic (exact) mass is 234 g/mol. The molecule has 0 aromatic heterocycles. The van der Waals surface area contributed by atoms with Crippen molar-refractivity contribution in [2.75, 3.05) is 19.7 Å². The van der Waals surface area contributed by atoms with Crippen molar-refractivity contribution in [3.8, 4) is 5.75 Å². The van der Waals surface area contributed by atoms with E-state index in [-0.39, 0.29) is 5.54 Å². The Balaban J connectivity index is 2.23. The van der Waals surface area contributed by atoms with Gasteiger partial charge in [-0.3, -0.25) is 4.90 Å². The molecule has 1 unspecified atom stereocenters. The second kappa shape index (κ2) is 5.07. The lowest BCUT2D eigenvalue weighted by molar-refractivity contribution is 0.0898. The number of rotatable bonds is 3. The number of nitrogens with two attached hydrogens (primary N) is 1. The highest BCUT2D eigenvalue weighted by Gasteiger charge is 2.30.